The van der Waals surface area contributed by atoms with Crippen molar-refractivity contribution in [1.29, 1.82) is 0 Å². The van der Waals surface area contributed by atoms with Gasteiger partial charge in [0.25, 0.3) is 10.0 Å². The molecule has 0 aliphatic carbocycles. The van der Waals surface area contributed by atoms with Crippen LogP contribution in [0.15, 0.2) is 47.4 Å². The first-order valence-corrected chi connectivity index (χ1v) is 11.9. The van der Waals surface area contributed by atoms with E-state index in [1.807, 2.05) is 13.8 Å². The zero-order valence-corrected chi connectivity index (χ0v) is 20.5. The summed E-state index contributed by atoms with van der Waals surface area (Å²) in [5.41, 5.74) is 4.54. The third kappa shape index (κ3) is 4.85. The lowest BCUT2D eigenvalue weighted by Crippen LogP contribution is -2.26. The summed E-state index contributed by atoms with van der Waals surface area (Å²) < 4.78 is 32.8. The number of H-pyrrole nitrogens is 1. The molecule has 0 fully saturated rings. The van der Waals surface area contributed by atoms with Gasteiger partial charge in [-0.3, -0.25) is 13.9 Å². The highest BCUT2D eigenvalue weighted by Gasteiger charge is 2.22. The SMILES string of the molecule is CC(=O)c1c(C)[nH]c(C(=O)COc2ccc(N(C)S(=O)(=O)c3ccc(C)c(C)c3)cc2)c1C. The van der Waals surface area contributed by atoms with E-state index in [0.717, 1.165) is 11.1 Å². The Balaban J connectivity index is 1.71. The Kier molecular flexibility index (Phi) is 6.78. The standard InChI is InChI=1S/C25H28N2O5S/c1-15-7-12-22(13-16(15)2)33(30,31)27(6)20-8-10-21(11-9-20)32-14-23(29)25-17(3)24(19(5)28)18(4)26-25/h7-13,26H,14H2,1-6H3. The number of sulfonamides is 1. The van der Waals surface area contributed by atoms with Crippen LogP contribution in [0.4, 0.5) is 5.69 Å². The van der Waals surface area contributed by atoms with E-state index in [2.05, 4.69) is 4.98 Å². The quantitative estimate of drug-likeness (QED) is 0.490. The van der Waals surface area contributed by atoms with Gasteiger partial charge in [0.2, 0.25) is 5.78 Å². The number of anilines is 1. The summed E-state index contributed by atoms with van der Waals surface area (Å²) in [6.07, 6.45) is 0. The highest BCUT2D eigenvalue weighted by Crippen LogP contribution is 2.26. The van der Waals surface area contributed by atoms with Crippen molar-refractivity contribution in [3.8, 4) is 5.75 Å². The monoisotopic (exact) mass is 468 g/mol. The highest BCUT2D eigenvalue weighted by molar-refractivity contribution is 7.92. The molecule has 0 unspecified atom stereocenters. The second kappa shape index (κ2) is 9.23. The normalized spacial score (nSPS) is 11.3. The first kappa shape index (κ1) is 24.3. The number of hydrogen-bond donors (Lipinski definition) is 1. The Morgan fingerprint density at radius 1 is 0.970 bits per heavy atom. The minimum atomic E-state index is -3.71. The van der Waals surface area contributed by atoms with E-state index in [9.17, 15) is 18.0 Å². The van der Waals surface area contributed by atoms with Crippen LogP contribution in [0.1, 0.15) is 50.2 Å². The van der Waals surface area contributed by atoms with Crippen LogP contribution in [0.25, 0.3) is 0 Å². The van der Waals surface area contributed by atoms with Gasteiger partial charge in [-0.05, 0) is 87.7 Å². The summed E-state index contributed by atoms with van der Waals surface area (Å²) in [4.78, 5) is 27.6. The van der Waals surface area contributed by atoms with Gasteiger partial charge in [-0.25, -0.2) is 8.42 Å². The number of aromatic nitrogens is 1. The molecule has 0 radical (unpaired) electrons. The molecule has 3 aromatic rings. The fourth-order valence-corrected chi connectivity index (χ4v) is 4.98. The van der Waals surface area contributed by atoms with Gasteiger partial charge >= 0.3 is 0 Å². The molecular weight excluding hydrogens is 440 g/mol. The van der Waals surface area contributed by atoms with E-state index in [0.29, 0.717) is 34.0 Å². The average Bonchev–Trinajstić information content (AvgIpc) is 3.07. The number of ether oxygens (including phenoxy) is 1. The molecule has 0 bridgehead atoms. The van der Waals surface area contributed by atoms with Gasteiger partial charge in [-0.1, -0.05) is 6.07 Å². The molecule has 0 saturated carbocycles. The fraction of sp³-hybridized carbons (Fsp3) is 0.280. The second-order valence-corrected chi connectivity index (χ2v) is 10.1. The van der Waals surface area contributed by atoms with Crippen molar-refractivity contribution in [2.45, 2.75) is 39.5 Å². The third-order valence-electron chi connectivity index (χ3n) is 5.78. The number of Topliss-reactive ketones (excluding diaryl/α,β-unsaturated/α-hetero) is 2. The van der Waals surface area contributed by atoms with Crippen LogP contribution in [0.3, 0.4) is 0 Å². The van der Waals surface area contributed by atoms with Crippen molar-refractivity contribution in [3.05, 3.63) is 76.1 Å². The molecule has 0 saturated heterocycles. The number of nitrogens with zero attached hydrogens (tertiary/aromatic N) is 1. The molecule has 3 rings (SSSR count). The number of carbonyl (C=O) groups excluding carboxylic acids is 2. The van der Waals surface area contributed by atoms with Gasteiger partial charge in [0.05, 0.1) is 16.3 Å². The Morgan fingerprint density at radius 3 is 2.15 bits per heavy atom. The molecule has 0 aliphatic heterocycles. The zero-order valence-electron chi connectivity index (χ0n) is 19.6. The average molecular weight is 469 g/mol. The molecule has 0 atom stereocenters. The molecule has 0 spiro atoms. The highest BCUT2D eigenvalue weighted by atomic mass is 32.2. The van der Waals surface area contributed by atoms with Crippen LogP contribution in [-0.2, 0) is 10.0 Å². The number of carbonyl (C=O) groups is 2. The number of nitrogens with one attached hydrogen (secondary N) is 1. The molecule has 0 aliphatic rings. The third-order valence-corrected chi connectivity index (χ3v) is 7.56. The maximum Gasteiger partial charge on any atom is 0.264 e. The molecule has 1 aromatic heterocycles. The molecule has 1 N–H and O–H groups in total. The van der Waals surface area contributed by atoms with E-state index in [1.54, 1.807) is 56.3 Å². The lowest BCUT2D eigenvalue weighted by atomic mass is 10.1. The Labute approximate surface area is 194 Å². The summed E-state index contributed by atoms with van der Waals surface area (Å²) in [6, 6.07) is 11.5. The molecule has 8 heteroatoms. The van der Waals surface area contributed by atoms with Crippen LogP contribution >= 0.6 is 0 Å². The maximum absolute atomic E-state index is 13.0. The van der Waals surface area contributed by atoms with E-state index < -0.39 is 10.0 Å². The topological polar surface area (TPSA) is 96.5 Å². The van der Waals surface area contributed by atoms with Crippen molar-refractivity contribution in [1.82, 2.24) is 4.98 Å². The molecule has 2 aromatic carbocycles. The fourth-order valence-electron chi connectivity index (χ4n) is 3.70. The van der Waals surface area contributed by atoms with Gasteiger partial charge in [0.15, 0.2) is 12.4 Å². The lowest BCUT2D eigenvalue weighted by molar-refractivity contribution is 0.0916. The number of aryl methyl sites for hydroxylation is 3. The van der Waals surface area contributed by atoms with Gasteiger partial charge in [0, 0.05) is 18.3 Å². The van der Waals surface area contributed by atoms with Crippen molar-refractivity contribution in [2.75, 3.05) is 18.0 Å². The summed E-state index contributed by atoms with van der Waals surface area (Å²) >= 11 is 0. The van der Waals surface area contributed by atoms with E-state index in [-0.39, 0.29) is 23.1 Å². The summed E-state index contributed by atoms with van der Waals surface area (Å²) in [5, 5.41) is 0. The zero-order chi connectivity index (χ0) is 24.5. The smallest absolute Gasteiger partial charge is 0.264 e. The van der Waals surface area contributed by atoms with E-state index >= 15 is 0 Å². The van der Waals surface area contributed by atoms with Crippen LogP contribution < -0.4 is 9.04 Å². The lowest BCUT2D eigenvalue weighted by Gasteiger charge is -2.20. The minimum absolute atomic E-state index is 0.100. The predicted molar refractivity (Wildman–Crippen MR) is 128 cm³/mol. The number of rotatable bonds is 8. The Hall–Kier alpha value is -3.39. The maximum atomic E-state index is 13.0. The summed E-state index contributed by atoms with van der Waals surface area (Å²) in [7, 11) is -2.22. The second-order valence-electron chi connectivity index (χ2n) is 8.11. The van der Waals surface area contributed by atoms with Crippen molar-refractivity contribution < 1.29 is 22.7 Å². The minimum Gasteiger partial charge on any atom is -0.485 e. The van der Waals surface area contributed by atoms with E-state index in [4.69, 9.17) is 4.74 Å². The first-order valence-electron chi connectivity index (χ1n) is 10.5. The van der Waals surface area contributed by atoms with Crippen LogP contribution in [0.5, 0.6) is 5.75 Å². The molecule has 1 heterocycles. The number of ketones is 2. The first-order chi connectivity index (χ1) is 15.4. The van der Waals surface area contributed by atoms with Gasteiger partial charge in [0.1, 0.15) is 5.75 Å². The number of aromatic amines is 1. The molecule has 7 nitrogen and oxygen atoms in total. The number of benzene rings is 2. The van der Waals surface area contributed by atoms with Crippen molar-refractivity contribution >= 4 is 27.3 Å². The Bertz CT molecular complexity index is 1320. The summed E-state index contributed by atoms with van der Waals surface area (Å²) in [6.45, 7) is 8.54. The largest absolute Gasteiger partial charge is 0.485 e. The van der Waals surface area contributed by atoms with Gasteiger partial charge in [-0.15, -0.1) is 0 Å². The number of hydrogen-bond acceptors (Lipinski definition) is 5. The van der Waals surface area contributed by atoms with Crippen molar-refractivity contribution in [3.63, 3.8) is 0 Å². The Morgan fingerprint density at radius 2 is 1.61 bits per heavy atom. The molecular formula is C25H28N2O5S. The van der Waals surface area contributed by atoms with Crippen molar-refractivity contribution in [2.24, 2.45) is 0 Å². The molecule has 0 amide bonds. The molecule has 33 heavy (non-hydrogen) atoms. The van der Waals surface area contributed by atoms with E-state index in [1.165, 1.54) is 18.3 Å². The summed E-state index contributed by atoms with van der Waals surface area (Å²) in [5.74, 6) is 0.0510. The van der Waals surface area contributed by atoms with Crippen LogP contribution in [-0.4, -0.2) is 38.6 Å². The van der Waals surface area contributed by atoms with Crippen LogP contribution in [0.2, 0.25) is 0 Å². The van der Waals surface area contributed by atoms with Gasteiger partial charge < -0.3 is 9.72 Å². The predicted octanol–water partition coefficient (Wildman–Crippen LogP) is 4.54. The van der Waals surface area contributed by atoms with Crippen LogP contribution in [0, 0.1) is 27.7 Å². The van der Waals surface area contributed by atoms with Gasteiger partial charge in [-0.2, -0.15) is 0 Å². The molecule has 174 valence electrons.